The highest BCUT2D eigenvalue weighted by molar-refractivity contribution is 7.89. The van der Waals surface area contributed by atoms with E-state index < -0.39 is 10.0 Å². The molecule has 8 atom stereocenters. The molecule has 3 aliphatic heterocycles. The van der Waals surface area contributed by atoms with Crippen LogP contribution in [0, 0.1) is 17.8 Å². The summed E-state index contributed by atoms with van der Waals surface area (Å²) in [5, 5.41) is 7.94. The van der Waals surface area contributed by atoms with Crippen LogP contribution in [0.5, 0.6) is 0 Å². The van der Waals surface area contributed by atoms with Gasteiger partial charge < -0.3 is 20.1 Å². The molecule has 1 saturated carbocycles. The highest BCUT2D eigenvalue weighted by atomic mass is 35.5. The van der Waals surface area contributed by atoms with Crippen molar-refractivity contribution in [1.29, 1.82) is 0 Å². The van der Waals surface area contributed by atoms with Crippen molar-refractivity contribution in [2.24, 2.45) is 17.8 Å². The molecular formula is C34H54ClN3O5S. The predicted molar refractivity (Wildman–Crippen MR) is 176 cm³/mol. The van der Waals surface area contributed by atoms with Crippen LogP contribution in [0.3, 0.4) is 0 Å². The lowest BCUT2D eigenvalue weighted by molar-refractivity contribution is -0.125. The standard InChI is InChI=1S/C34H54ClN3O5S/c1-34(2)21-27(15-17-43-34)32(25-9-12-28(35)13-10-25)33(36-16-18-42-3)31(39)20-26-7-4-6-24(26)11-14-30-22-37-29-8-5-19-44(40,41)38(30)23-29/h9-10,12-13,24,26-27,29-30,32-33,36-37H,4-8,11,14-23H2,1-3H3/t24-,26-,27?,29-,30+,32+,33-/m1/s1. The van der Waals surface area contributed by atoms with Crippen molar-refractivity contribution >= 4 is 27.4 Å². The minimum Gasteiger partial charge on any atom is -0.383 e. The molecule has 0 amide bonds. The van der Waals surface area contributed by atoms with Crippen molar-refractivity contribution in [3.63, 3.8) is 0 Å². The number of methoxy groups -OCH3 is 1. The molecule has 248 valence electrons. The first-order valence-electron chi connectivity index (χ1n) is 16.9. The Morgan fingerprint density at radius 3 is 2.66 bits per heavy atom. The monoisotopic (exact) mass is 651 g/mol. The van der Waals surface area contributed by atoms with Crippen LogP contribution in [0.4, 0.5) is 0 Å². The number of piperazine rings is 1. The van der Waals surface area contributed by atoms with E-state index in [1.807, 2.05) is 12.1 Å². The fraction of sp³-hybridized carbons (Fsp3) is 0.794. The summed E-state index contributed by atoms with van der Waals surface area (Å²) in [6.07, 6.45) is 9.15. The lowest BCUT2D eigenvalue weighted by Crippen LogP contribution is -2.57. The third kappa shape index (κ3) is 8.64. The predicted octanol–water partition coefficient (Wildman–Crippen LogP) is 5.16. The summed E-state index contributed by atoms with van der Waals surface area (Å²) in [5.41, 5.74) is 0.907. The van der Waals surface area contributed by atoms with E-state index in [9.17, 15) is 13.2 Å². The summed E-state index contributed by atoms with van der Waals surface area (Å²) in [5.74, 6) is 1.62. The van der Waals surface area contributed by atoms with Gasteiger partial charge in [-0.1, -0.05) is 36.6 Å². The molecule has 2 N–H and O–H groups in total. The van der Waals surface area contributed by atoms with E-state index >= 15 is 0 Å². The summed E-state index contributed by atoms with van der Waals surface area (Å²) >= 11 is 6.30. The van der Waals surface area contributed by atoms with Crippen molar-refractivity contribution in [3.8, 4) is 0 Å². The van der Waals surface area contributed by atoms with Gasteiger partial charge in [-0.2, -0.15) is 4.31 Å². The zero-order chi connectivity index (χ0) is 31.3. The van der Waals surface area contributed by atoms with Crippen molar-refractivity contribution in [2.45, 2.75) is 108 Å². The molecule has 1 aliphatic carbocycles. The average Bonchev–Trinajstić information content (AvgIpc) is 3.38. The molecule has 44 heavy (non-hydrogen) atoms. The van der Waals surface area contributed by atoms with Crippen LogP contribution >= 0.6 is 11.6 Å². The van der Waals surface area contributed by atoms with E-state index in [4.69, 9.17) is 21.1 Å². The number of ether oxygens (including phenoxy) is 2. The Kier molecular flexibility index (Phi) is 11.9. The van der Waals surface area contributed by atoms with E-state index in [1.54, 1.807) is 11.4 Å². The minimum atomic E-state index is -3.20. The zero-order valence-corrected chi connectivity index (χ0v) is 28.5. The summed E-state index contributed by atoms with van der Waals surface area (Å²) in [7, 11) is -1.50. The van der Waals surface area contributed by atoms with Gasteiger partial charge in [0.25, 0.3) is 0 Å². The lowest BCUT2D eigenvalue weighted by atomic mass is 9.71. The summed E-state index contributed by atoms with van der Waals surface area (Å²) in [4.78, 5) is 14.4. The number of sulfonamides is 1. The van der Waals surface area contributed by atoms with Gasteiger partial charge >= 0.3 is 0 Å². The van der Waals surface area contributed by atoms with Gasteiger partial charge in [-0.3, -0.25) is 4.79 Å². The molecule has 2 unspecified atom stereocenters. The van der Waals surface area contributed by atoms with Crippen molar-refractivity contribution in [2.75, 3.05) is 45.7 Å². The van der Waals surface area contributed by atoms with Crippen LogP contribution in [-0.4, -0.2) is 87.9 Å². The first kappa shape index (κ1) is 34.3. The fourth-order valence-corrected chi connectivity index (χ4v) is 10.5. The fourth-order valence-electron chi connectivity index (χ4n) is 8.56. The third-order valence-corrected chi connectivity index (χ3v) is 13.0. The Bertz CT molecular complexity index is 1200. The number of halogens is 1. The number of hydrogen-bond acceptors (Lipinski definition) is 7. The summed E-state index contributed by atoms with van der Waals surface area (Å²) in [6, 6.07) is 8.01. The molecule has 3 saturated heterocycles. The highest BCUT2D eigenvalue weighted by Gasteiger charge is 2.42. The minimum absolute atomic E-state index is 0.00847. The van der Waals surface area contributed by atoms with Gasteiger partial charge in [0, 0.05) is 62.8 Å². The summed E-state index contributed by atoms with van der Waals surface area (Å²) < 4.78 is 39.3. The number of ketones is 1. The first-order chi connectivity index (χ1) is 21.1. The molecule has 10 heteroatoms. The second kappa shape index (κ2) is 15.2. The van der Waals surface area contributed by atoms with Gasteiger partial charge in [0.05, 0.1) is 24.0 Å². The first-order valence-corrected chi connectivity index (χ1v) is 18.9. The largest absolute Gasteiger partial charge is 0.383 e. The lowest BCUT2D eigenvalue weighted by Gasteiger charge is -2.42. The normalized spacial score (nSPS) is 32.9. The number of carbonyl (C=O) groups excluding carboxylic acids is 1. The van der Waals surface area contributed by atoms with Gasteiger partial charge in [0.2, 0.25) is 10.0 Å². The Morgan fingerprint density at radius 2 is 1.91 bits per heavy atom. The molecule has 2 bridgehead atoms. The number of benzene rings is 1. The summed E-state index contributed by atoms with van der Waals surface area (Å²) in [6.45, 7) is 7.47. The van der Waals surface area contributed by atoms with Gasteiger partial charge in [-0.05, 0) is 94.2 Å². The smallest absolute Gasteiger partial charge is 0.214 e. The number of carbonyl (C=O) groups is 1. The molecule has 4 fully saturated rings. The molecule has 1 aromatic carbocycles. The van der Waals surface area contributed by atoms with Crippen molar-refractivity contribution in [3.05, 3.63) is 34.9 Å². The molecular weight excluding hydrogens is 598 g/mol. The maximum absolute atomic E-state index is 14.4. The Balaban J connectivity index is 1.30. The second-order valence-electron chi connectivity index (χ2n) is 14.3. The Morgan fingerprint density at radius 1 is 1.14 bits per heavy atom. The van der Waals surface area contributed by atoms with E-state index in [0.29, 0.717) is 55.5 Å². The van der Waals surface area contributed by atoms with Crippen LogP contribution in [0.1, 0.15) is 89.5 Å². The van der Waals surface area contributed by atoms with Crippen LogP contribution in [0.15, 0.2) is 24.3 Å². The quantitative estimate of drug-likeness (QED) is 0.285. The maximum Gasteiger partial charge on any atom is 0.214 e. The zero-order valence-electron chi connectivity index (χ0n) is 26.9. The van der Waals surface area contributed by atoms with E-state index in [0.717, 1.165) is 69.9 Å². The number of nitrogens with zero attached hydrogens (tertiary/aromatic N) is 1. The van der Waals surface area contributed by atoms with Gasteiger partial charge in [0.1, 0.15) is 0 Å². The van der Waals surface area contributed by atoms with Gasteiger partial charge in [-0.25, -0.2) is 8.42 Å². The molecule has 3 heterocycles. The number of hydrogen-bond donors (Lipinski definition) is 2. The van der Waals surface area contributed by atoms with Crippen LogP contribution in [0.25, 0.3) is 0 Å². The molecule has 0 aromatic heterocycles. The molecule has 0 radical (unpaired) electrons. The number of Topliss-reactive ketones (excluding diaryl/α,β-unsaturated/α-hetero) is 1. The van der Waals surface area contributed by atoms with Crippen LogP contribution < -0.4 is 10.6 Å². The highest BCUT2D eigenvalue weighted by Crippen LogP contribution is 2.43. The molecule has 0 spiro atoms. The van der Waals surface area contributed by atoms with Gasteiger partial charge in [0.15, 0.2) is 5.78 Å². The third-order valence-electron chi connectivity index (χ3n) is 10.8. The van der Waals surface area contributed by atoms with Gasteiger partial charge in [-0.15, -0.1) is 0 Å². The van der Waals surface area contributed by atoms with Crippen LogP contribution in [-0.2, 0) is 24.3 Å². The Hall–Kier alpha value is -1.07. The molecule has 4 aliphatic rings. The van der Waals surface area contributed by atoms with Crippen molar-refractivity contribution in [1.82, 2.24) is 14.9 Å². The van der Waals surface area contributed by atoms with Crippen LogP contribution in [0.2, 0.25) is 5.02 Å². The van der Waals surface area contributed by atoms with Crippen molar-refractivity contribution < 1.29 is 22.7 Å². The van der Waals surface area contributed by atoms with E-state index in [-0.39, 0.29) is 41.2 Å². The van der Waals surface area contributed by atoms with E-state index in [1.165, 1.54) is 0 Å². The average molecular weight is 652 g/mol. The number of nitrogens with one attached hydrogen (secondary N) is 2. The maximum atomic E-state index is 14.4. The molecule has 8 nitrogen and oxygen atoms in total. The second-order valence-corrected chi connectivity index (χ2v) is 16.8. The Labute approximate surface area is 270 Å². The SMILES string of the molecule is COCCN[C@H](C(=O)C[C@H]1CCC[C@@H]1CC[C@H]1CN[C@@H]2CCCS(=O)(=O)N1C2)[C@@H](c1ccc(Cl)cc1)C1CCOC(C)(C)C1. The molecule has 5 rings (SSSR count). The molecule has 1 aromatic rings. The number of fused-ring (bicyclic) bond motifs is 2. The van der Waals surface area contributed by atoms with E-state index in [2.05, 4.69) is 36.6 Å². The number of rotatable bonds is 13. The topological polar surface area (TPSA) is 97.0 Å².